The number of hydrogen-bond acceptors (Lipinski definition) is 4. The van der Waals surface area contributed by atoms with E-state index in [0.29, 0.717) is 5.56 Å². The van der Waals surface area contributed by atoms with Crippen LogP contribution < -0.4 is 10.5 Å². The Balaban J connectivity index is 0.00000312. The molecule has 136 valence electrons. The predicted octanol–water partition coefficient (Wildman–Crippen LogP) is 4.22. The van der Waals surface area contributed by atoms with E-state index in [0.717, 1.165) is 12.1 Å². The van der Waals surface area contributed by atoms with Crippen LogP contribution in [0.5, 0.6) is 11.5 Å². The number of carboxylic acid groups (broad SMARTS) is 1. The molecular formula is C15H12BrClF3NO4. The number of phenolic OH excluding ortho intramolecular Hbond substituents is 1. The summed E-state index contributed by atoms with van der Waals surface area (Å²) in [7, 11) is 0. The van der Waals surface area contributed by atoms with Gasteiger partial charge in [0.2, 0.25) is 0 Å². The van der Waals surface area contributed by atoms with E-state index < -0.39 is 24.1 Å². The highest BCUT2D eigenvalue weighted by Crippen LogP contribution is 2.37. The van der Waals surface area contributed by atoms with Gasteiger partial charge in [-0.25, -0.2) is 4.79 Å². The van der Waals surface area contributed by atoms with Crippen molar-refractivity contribution in [1.29, 1.82) is 0 Å². The van der Waals surface area contributed by atoms with Gasteiger partial charge < -0.3 is 20.7 Å². The van der Waals surface area contributed by atoms with Crippen molar-refractivity contribution in [2.75, 3.05) is 0 Å². The van der Waals surface area contributed by atoms with Crippen molar-refractivity contribution >= 4 is 34.3 Å². The number of phenols is 1. The third-order valence-corrected chi connectivity index (χ3v) is 3.82. The lowest BCUT2D eigenvalue weighted by molar-refractivity contribution is -0.274. The average molecular weight is 443 g/mol. The van der Waals surface area contributed by atoms with Gasteiger partial charge in [-0.2, -0.15) is 0 Å². The maximum absolute atomic E-state index is 12.2. The molecule has 0 aliphatic rings. The second-order valence-corrected chi connectivity index (χ2v) is 5.61. The standard InChI is InChI=1S/C15H11BrF3NO4.ClH/c16-10-6-5-9(14(22)23)11(13(10)21)12(20)7-1-3-8(4-2-7)24-15(17,18)19;/h1-6,12,21H,20H2,(H,22,23);1H/t12-;/m0./s1. The van der Waals surface area contributed by atoms with E-state index in [1.54, 1.807) is 0 Å². The van der Waals surface area contributed by atoms with Gasteiger partial charge in [-0.15, -0.1) is 25.6 Å². The highest BCUT2D eigenvalue weighted by molar-refractivity contribution is 9.10. The summed E-state index contributed by atoms with van der Waals surface area (Å²) in [6.45, 7) is 0. The minimum absolute atomic E-state index is 0. The number of benzene rings is 2. The monoisotopic (exact) mass is 441 g/mol. The molecule has 1 atom stereocenters. The highest BCUT2D eigenvalue weighted by Gasteiger charge is 2.31. The molecule has 0 aliphatic carbocycles. The summed E-state index contributed by atoms with van der Waals surface area (Å²) in [5, 5.41) is 19.3. The molecule has 0 fully saturated rings. The first-order valence-corrected chi connectivity index (χ1v) is 7.25. The lowest BCUT2D eigenvalue weighted by atomic mass is 9.94. The van der Waals surface area contributed by atoms with Crippen LogP contribution in [-0.2, 0) is 0 Å². The number of aromatic hydroxyl groups is 1. The quantitative estimate of drug-likeness (QED) is 0.659. The average Bonchev–Trinajstić information content (AvgIpc) is 2.48. The van der Waals surface area contributed by atoms with Gasteiger partial charge in [-0.3, -0.25) is 0 Å². The lowest BCUT2D eigenvalue weighted by Gasteiger charge is -2.18. The van der Waals surface area contributed by atoms with E-state index in [1.807, 2.05) is 0 Å². The molecule has 5 nitrogen and oxygen atoms in total. The predicted molar refractivity (Wildman–Crippen MR) is 89.2 cm³/mol. The molecule has 0 saturated carbocycles. The molecule has 0 unspecified atom stereocenters. The van der Waals surface area contributed by atoms with Gasteiger partial charge in [0.15, 0.2) is 0 Å². The minimum Gasteiger partial charge on any atom is -0.506 e. The molecule has 0 aromatic heterocycles. The maximum Gasteiger partial charge on any atom is 0.573 e. The normalized spacial score (nSPS) is 12.2. The highest BCUT2D eigenvalue weighted by atomic mass is 79.9. The molecule has 10 heteroatoms. The number of halogens is 5. The van der Waals surface area contributed by atoms with Crippen molar-refractivity contribution in [3.63, 3.8) is 0 Å². The Morgan fingerprint density at radius 3 is 2.20 bits per heavy atom. The third kappa shape index (κ3) is 5.00. The van der Waals surface area contributed by atoms with Gasteiger partial charge >= 0.3 is 12.3 Å². The summed E-state index contributed by atoms with van der Waals surface area (Å²) in [5.74, 6) is -2.08. The Morgan fingerprint density at radius 1 is 1.16 bits per heavy atom. The summed E-state index contributed by atoms with van der Waals surface area (Å²) >= 11 is 3.07. The van der Waals surface area contributed by atoms with Crippen molar-refractivity contribution in [2.24, 2.45) is 5.73 Å². The first kappa shape index (κ1) is 21.1. The number of nitrogens with two attached hydrogens (primary N) is 1. The molecule has 2 rings (SSSR count). The molecule has 0 heterocycles. The van der Waals surface area contributed by atoms with Crippen molar-refractivity contribution < 1.29 is 32.9 Å². The lowest BCUT2D eigenvalue weighted by Crippen LogP contribution is -2.18. The fraction of sp³-hybridized carbons (Fsp3) is 0.133. The number of alkyl halides is 3. The van der Waals surface area contributed by atoms with Gasteiger partial charge in [0.25, 0.3) is 0 Å². The zero-order valence-corrected chi connectivity index (χ0v) is 14.7. The Labute approximate surface area is 154 Å². The molecule has 25 heavy (non-hydrogen) atoms. The summed E-state index contributed by atoms with van der Waals surface area (Å²) in [6.07, 6.45) is -4.82. The van der Waals surface area contributed by atoms with Crippen LogP contribution in [0, 0.1) is 0 Å². The molecule has 0 radical (unpaired) electrons. The zero-order valence-electron chi connectivity index (χ0n) is 12.2. The van der Waals surface area contributed by atoms with Gasteiger partial charge in [-0.05, 0) is 45.8 Å². The Kier molecular flexibility index (Phi) is 6.69. The van der Waals surface area contributed by atoms with Crippen LogP contribution in [0.4, 0.5) is 13.2 Å². The summed E-state index contributed by atoms with van der Waals surface area (Å²) in [5.41, 5.74) is 6.04. The van der Waals surface area contributed by atoms with Crippen molar-refractivity contribution in [1.82, 2.24) is 0 Å². The topological polar surface area (TPSA) is 92.8 Å². The second-order valence-electron chi connectivity index (χ2n) is 4.76. The summed E-state index contributed by atoms with van der Waals surface area (Å²) < 4.78 is 40.5. The van der Waals surface area contributed by atoms with E-state index in [-0.39, 0.29) is 33.8 Å². The SMILES string of the molecule is Cl.N[C@@H](c1ccc(OC(F)(F)F)cc1)c1c(C(=O)O)ccc(Br)c1O. The van der Waals surface area contributed by atoms with Crippen molar-refractivity contribution in [3.8, 4) is 11.5 Å². The van der Waals surface area contributed by atoms with Crippen LogP contribution in [0.15, 0.2) is 40.9 Å². The van der Waals surface area contributed by atoms with E-state index in [1.165, 1.54) is 24.3 Å². The number of rotatable bonds is 4. The van der Waals surface area contributed by atoms with Crippen LogP contribution >= 0.6 is 28.3 Å². The zero-order chi connectivity index (χ0) is 18.1. The van der Waals surface area contributed by atoms with E-state index in [2.05, 4.69) is 20.7 Å². The van der Waals surface area contributed by atoms with Crippen LogP contribution in [0.1, 0.15) is 27.5 Å². The molecule has 0 spiro atoms. The molecule has 4 N–H and O–H groups in total. The first-order chi connectivity index (χ1) is 11.1. The number of carbonyl (C=O) groups is 1. The van der Waals surface area contributed by atoms with Crippen molar-refractivity contribution in [3.05, 3.63) is 57.6 Å². The van der Waals surface area contributed by atoms with Crippen LogP contribution in [-0.4, -0.2) is 22.5 Å². The van der Waals surface area contributed by atoms with Crippen LogP contribution in [0.25, 0.3) is 0 Å². The molecule has 0 amide bonds. The molecule has 0 bridgehead atoms. The molecule has 2 aromatic carbocycles. The Morgan fingerprint density at radius 2 is 1.72 bits per heavy atom. The summed E-state index contributed by atoms with van der Waals surface area (Å²) in [6, 6.07) is 6.19. The number of aromatic carboxylic acids is 1. The Hall–Kier alpha value is -1.97. The van der Waals surface area contributed by atoms with Crippen LogP contribution in [0.2, 0.25) is 0 Å². The summed E-state index contributed by atoms with van der Waals surface area (Å²) in [4.78, 5) is 11.3. The van der Waals surface area contributed by atoms with Gasteiger partial charge in [-0.1, -0.05) is 12.1 Å². The fourth-order valence-electron chi connectivity index (χ4n) is 2.13. The van der Waals surface area contributed by atoms with E-state index in [9.17, 15) is 28.2 Å². The molecule has 0 aliphatic heterocycles. The smallest absolute Gasteiger partial charge is 0.506 e. The molecular weight excluding hydrogens is 431 g/mol. The molecule has 2 aromatic rings. The van der Waals surface area contributed by atoms with Crippen molar-refractivity contribution in [2.45, 2.75) is 12.4 Å². The number of carboxylic acids is 1. The van der Waals surface area contributed by atoms with Gasteiger partial charge in [0.1, 0.15) is 11.5 Å². The number of hydrogen-bond donors (Lipinski definition) is 3. The Bertz CT molecular complexity index is 769. The van der Waals surface area contributed by atoms with E-state index in [4.69, 9.17) is 5.73 Å². The fourth-order valence-corrected chi connectivity index (χ4v) is 2.47. The first-order valence-electron chi connectivity index (χ1n) is 6.46. The largest absolute Gasteiger partial charge is 0.573 e. The third-order valence-electron chi connectivity index (χ3n) is 3.18. The van der Waals surface area contributed by atoms with Crippen LogP contribution in [0.3, 0.4) is 0 Å². The number of ether oxygens (including phenoxy) is 1. The molecule has 0 saturated heterocycles. The van der Waals surface area contributed by atoms with Gasteiger partial charge in [0.05, 0.1) is 16.1 Å². The minimum atomic E-state index is -4.82. The van der Waals surface area contributed by atoms with E-state index >= 15 is 0 Å². The van der Waals surface area contributed by atoms with Gasteiger partial charge in [0, 0.05) is 5.56 Å². The maximum atomic E-state index is 12.2. The second kappa shape index (κ2) is 7.94.